The van der Waals surface area contributed by atoms with Crippen molar-refractivity contribution in [3.05, 3.63) is 0 Å². The molecule has 3 aliphatic rings. The van der Waals surface area contributed by atoms with E-state index in [1.807, 2.05) is 0 Å². The van der Waals surface area contributed by atoms with Gasteiger partial charge in [-0.15, -0.1) is 0 Å². The first kappa shape index (κ1) is 23.3. The minimum atomic E-state index is -0.240. The summed E-state index contributed by atoms with van der Waals surface area (Å²) >= 11 is 0. The molecule has 172 valence electrons. The molecule has 3 aliphatic heterocycles. The predicted octanol–water partition coefficient (Wildman–Crippen LogP) is 1.61. The molecule has 0 saturated carbocycles. The molecule has 0 spiro atoms. The Hall–Kier alpha value is -1.38. The normalized spacial score (nSPS) is 28.4. The molecule has 1 amide bonds. The molecule has 0 aliphatic carbocycles. The van der Waals surface area contributed by atoms with Gasteiger partial charge in [-0.05, 0) is 43.2 Å². The van der Waals surface area contributed by atoms with Crippen molar-refractivity contribution in [2.75, 3.05) is 60.0 Å². The average Bonchev–Trinajstić information content (AvgIpc) is 3.05. The Bertz CT molecular complexity index is 602. The molecule has 0 aromatic heterocycles. The number of cyclic esters (lactones) is 1. The molecule has 3 heterocycles. The van der Waals surface area contributed by atoms with Gasteiger partial charge in [-0.1, -0.05) is 20.8 Å². The molecule has 0 bridgehead atoms. The van der Waals surface area contributed by atoms with Crippen molar-refractivity contribution < 1.29 is 19.1 Å². The Balaban J connectivity index is 1.81. The zero-order valence-corrected chi connectivity index (χ0v) is 19.4. The topological polar surface area (TPSA) is 74.4 Å². The quantitative estimate of drug-likeness (QED) is 0.649. The standard InChI is InChI=1S/C22H40N4O4/c1-22(2,3)20(16-6-9-23-10-7-16)17-14-26(18-15-24(4)21(28)30-18)13-12-25(17)11-8-19(27)29-5/h16-18,20,23H,6-15H2,1-5H3. The maximum Gasteiger partial charge on any atom is 0.411 e. The summed E-state index contributed by atoms with van der Waals surface area (Å²) in [6, 6.07) is 0.316. The number of ether oxygens (including phenoxy) is 2. The van der Waals surface area contributed by atoms with Crippen LogP contribution in [0.1, 0.15) is 40.0 Å². The van der Waals surface area contributed by atoms with Crippen molar-refractivity contribution in [3.63, 3.8) is 0 Å². The summed E-state index contributed by atoms with van der Waals surface area (Å²) in [7, 11) is 3.25. The first-order valence-corrected chi connectivity index (χ1v) is 11.4. The highest BCUT2D eigenvalue weighted by atomic mass is 16.6. The monoisotopic (exact) mass is 424 g/mol. The van der Waals surface area contributed by atoms with Gasteiger partial charge in [0.15, 0.2) is 6.23 Å². The van der Waals surface area contributed by atoms with Crippen LogP contribution in [-0.2, 0) is 14.3 Å². The van der Waals surface area contributed by atoms with Gasteiger partial charge in [-0.25, -0.2) is 4.79 Å². The number of rotatable bonds is 6. The minimum absolute atomic E-state index is 0.141. The zero-order chi connectivity index (χ0) is 21.9. The van der Waals surface area contributed by atoms with Gasteiger partial charge in [0.1, 0.15) is 0 Å². The number of esters is 1. The van der Waals surface area contributed by atoms with Crippen LogP contribution in [0.2, 0.25) is 0 Å². The second-order valence-corrected chi connectivity index (χ2v) is 10.1. The van der Waals surface area contributed by atoms with Gasteiger partial charge in [-0.3, -0.25) is 14.6 Å². The van der Waals surface area contributed by atoms with E-state index in [4.69, 9.17) is 9.47 Å². The molecule has 8 nitrogen and oxygen atoms in total. The number of likely N-dealkylation sites (N-methyl/N-ethyl adjacent to an activating group) is 1. The zero-order valence-electron chi connectivity index (χ0n) is 19.4. The summed E-state index contributed by atoms with van der Waals surface area (Å²) < 4.78 is 10.5. The number of nitrogens with zero attached hydrogens (tertiary/aromatic N) is 3. The van der Waals surface area contributed by atoms with Gasteiger partial charge in [0, 0.05) is 39.3 Å². The van der Waals surface area contributed by atoms with Crippen LogP contribution in [0.5, 0.6) is 0 Å². The fraction of sp³-hybridized carbons (Fsp3) is 0.909. The summed E-state index contributed by atoms with van der Waals surface area (Å²) in [4.78, 5) is 30.3. The van der Waals surface area contributed by atoms with Crippen molar-refractivity contribution in [1.82, 2.24) is 20.0 Å². The second-order valence-electron chi connectivity index (χ2n) is 10.1. The van der Waals surface area contributed by atoms with Gasteiger partial charge >= 0.3 is 12.1 Å². The van der Waals surface area contributed by atoms with E-state index in [2.05, 4.69) is 35.9 Å². The first-order chi connectivity index (χ1) is 14.2. The molecular weight excluding hydrogens is 384 g/mol. The summed E-state index contributed by atoms with van der Waals surface area (Å²) in [5.74, 6) is 0.984. The Morgan fingerprint density at radius 1 is 1.23 bits per heavy atom. The lowest BCUT2D eigenvalue weighted by Crippen LogP contribution is -2.62. The van der Waals surface area contributed by atoms with Crippen LogP contribution in [0, 0.1) is 17.3 Å². The van der Waals surface area contributed by atoms with Crippen LogP contribution in [0.25, 0.3) is 0 Å². The average molecular weight is 425 g/mol. The van der Waals surface area contributed by atoms with Crippen molar-refractivity contribution in [1.29, 1.82) is 0 Å². The highest BCUT2D eigenvalue weighted by Gasteiger charge is 2.45. The Morgan fingerprint density at radius 3 is 2.50 bits per heavy atom. The molecule has 8 heteroatoms. The number of piperazine rings is 1. The fourth-order valence-electron chi connectivity index (χ4n) is 5.63. The first-order valence-electron chi connectivity index (χ1n) is 11.4. The van der Waals surface area contributed by atoms with E-state index in [9.17, 15) is 9.59 Å². The van der Waals surface area contributed by atoms with Gasteiger partial charge in [0.2, 0.25) is 0 Å². The summed E-state index contributed by atoms with van der Waals surface area (Å²) in [6.45, 7) is 13.1. The molecule has 3 unspecified atom stereocenters. The van der Waals surface area contributed by atoms with Crippen LogP contribution < -0.4 is 5.32 Å². The molecule has 3 atom stereocenters. The maximum absolute atomic E-state index is 11.9. The van der Waals surface area contributed by atoms with Crippen LogP contribution in [0.4, 0.5) is 4.79 Å². The molecule has 3 rings (SSSR count). The molecule has 0 aromatic rings. The van der Waals surface area contributed by atoms with Gasteiger partial charge in [0.05, 0.1) is 20.1 Å². The fourth-order valence-corrected chi connectivity index (χ4v) is 5.63. The number of methoxy groups -OCH3 is 1. The molecular formula is C22H40N4O4. The predicted molar refractivity (Wildman–Crippen MR) is 115 cm³/mol. The summed E-state index contributed by atoms with van der Waals surface area (Å²) in [5.41, 5.74) is 0.141. The summed E-state index contributed by atoms with van der Waals surface area (Å²) in [6.07, 6.45) is 2.36. The van der Waals surface area contributed by atoms with Gasteiger partial charge in [-0.2, -0.15) is 0 Å². The molecule has 1 N–H and O–H groups in total. The SMILES string of the molecule is COC(=O)CCN1CCN(C2CN(C)C(=O)O2)CC1C(C1CCNCC1)C(C)(C)C. The van der Waals surface area contributed by atoms with Crippen LogP contribution >= 0.6 is 0 Å². The lowest BCUT2D eigenvalue weighted by molar-refractivity contribution is -0.141. The number of hydrogen-bond donors (Lipinski definition) is 1. The molecule has 3 saturated heterocycles. The van der Waals surface area contributed by atoms with Crippen molar-refractivity contribution in [2.24, 2.45) is 17.3 Å². The third-order valence-electron chi connectivity index (χ3n) is 7.09. The summed E-state index contributed by atoms with van der Waals surface area (Å²) in [5, 5.41) is 3.50. The van der Waals surface area contributed by atoms with E-state index in [0.29, 0.717) is 37.4 Å². The van der Waals surface area contributed by atoms with Crippen LogP contribution in [-0.4, -0.2) is 99.0 Å². The van der Waals surface area contributed by atoms with E-state index in [1.165, 1.54) is 20.0 Å². The van der Waals surface area contributed by atoms with Crippen molar-refractivity contribution >= 4 is 12.1 Å². The Kier molecular flexibility index (Phi) is 7.63. The minimum Gasteiger partial charge on any atom is -0.469 e. The van der Waals surface area contributed by atoms with Gasteiger partial charge in [0.25, 0.3) is 0 Å². The Morgan fingerprint density at radius 2 is 1.93 bits per heavy atom. The van der Waals surface area contributed by atoms with E-state index < -0.39 is 0 Å². The molecule has 0 radical (unpaired) electrons. The van der Waals surface area contributed by atoms with E-state index in [1.54, 1.807) is 11.9 Å². The van der Waals surface area contributed by atoms with E-state index in [-0.39, 0.29) is 23.7 Å². The lowest BCUT2D eigenvalue weighted by atomic mass is 9.65. The van der Waals surface area contributed by atoms with Crippen molar-refractivity contribution in [3.8, 4) is 0 Å². The van der Waals surface area contributed by atoms with E-state index in [0.717, 1.165) is 32.7 Å². The third-order valence-corrected chi connectivity index (χ3v) is 7.09. The number of amides is 1. The maximum atomic E-state index is 11.9. The number of piperidine rings is 1. The second kappa shape index (κ2) is 9.83. The van der Waals surface area contributed by atoms with E-state index >= 15 is 0 Å². The smallest absolute Gasteiger partial charge is 0.411 e. The third kappa shape index (κ3) is 5.45. The Labute approximate surface area is 181 Å². The number of nitrogens with one attached hydrogen (secondary N) is 1. The van der Waals surface area contributed by atoms with Gasteiger partial charge < -0.3 is 19.7 Å². The number of carbonyl (C=O) groups excluding carboxylic acids is 2. The van der Waals surface area contributed by atoms with Crippen LogP contribution in [0.3, 0.4) is 0 Å². The van der Waals surface area contributed by atoms with Crippen molar-refractivity contribution in [2.45, 2.75) is 52.3 Å². The number of hydrogen-bond acceptors (Lipinski definition) is 7. The van der Waals surface area contributed by atoms with Crippen LogP contribution in [0.15, 0.2) is 0 Å². The lowest BCUT2D eigenvalue weighted by Gasteiger charge is -2.52. The molecule has 30 heavy (non-hydrogen) atoms. The highest BCUT2D eigenvalue weighted by molar-refractivity contribution is 5.69. The molecule has 3 fully saturated rings. The largest absolute Gasteiger partial charge is 0.469 e. The number of carbonyl (C=O) groups is 2. The molecule has 0 aromatic carbocycles. The highest BCUT2D eigenvalue weighted by Crippen LogP contribution is 2.42.